The van der Waals surface area contributed by atoms with Crippen LogP contribution in [0.3, 0.4) is 0 Å². The van der Waals surface area contributed by atoms with E-state index in [1.165, 1.54) is 16.4 Å². The molecule has 1 N–H and O–H groups in total. The zero-order valence-electron chi connectivity index (χ0n) is 18.5. The average molecular weight is 453 g/mol. The van der Waals surface area contributed by atoms with Crippen molar-refractivity contribution >= 4 is 21.6 Å². The Morgan fingerprint density at radius 2 is 1.66 bits per heavy atom. The third-order valence-corrected chi connectivity index (χ3v) is 6.57. The molecule has 0 bridgehead atoms. The SMILES string of the molecule is CC(C)COc1cccc(C(=O)Nc2ccc(S(=O)(=O)N(C)Cc3ccccc3)cc2)c1. The highest BCUT2D eigenvalue weighted by molar-refractivity contribution is 7.89. The molecule has 0 spiro atoms. The first-order valence-electron chi connectivity index (χ1n) is 10.4. The van der Waals surface area contributed by atoms with Crippen molar-refractivity contribution in [3.63, 3.8) is 0 Å². The van der Waals surface area contributed by atoms with E-state index in [0.717, 1.165) is 5.56 Å². The molecule has 1 amide bonds. The van der Waals surface area contributed by atoms with Crippen molar-refractivity contribution in [3.05, 3.63) is 90.0 Å². The third kappa shape index (κ3) is 6.18. The number of carbonyl (C=O) groups is 1. The van der Waals surface area contributed by atoms with Crippen LogP contribution in [0.1, 0.15) is 29.8 Å². The molecule has 0 unspecified atom stereocenters. The molecular weight excluding hydrogens is 424 g/mol. The van der Waals surface area contributed by atoms with E-state index in [2.05, 4.69) is 19.2 Å². The van der Waals surface area contributed by atoms with Gasteiger partial charge in [0.25, 0.3) is 5.91 Å². The van der Waals surface area contributed by atoms with E-state index >= 15 is 0 Å². The van der Waals surface area contributed by atoms with Crippen LogP contribution in [-0.4, -0.2) is 32.3 Å². The van der Waals surface area contributed by atoms with Gasteiger partial charge in [0, 0.05) is 24.8 Å². The highest BCUT2D eigenvalue weighted by atomic mass is 32.2. The van der Waals surface area contributed by atoms with E-state index in [-0.39, 0.29) is 17.3 Å². The van der Waals surface area contributed by atoms with Crippen LogP contribution in [0.4, 0.5) is 5.69 Å². The van der Waals surface area contributed by atoms with E-state index < -0.39 is 10.0 Å². The molecule has 3 aromatic rings. The van der Waals surface area contributed by atoms with Crippen molar-refractivity contribution < 1.29 is 17.9 Å². The van der Waals surface area contributed by atoms with E-state index in [9.17, 15) is 13.2 Å². The molecule has 0 aliphatic carbocycles. The Morgan fingerprint density at radius 3 is 2.31 bits per heavy atom. The number of rotatable bonds is 9. The number of nitrogens with zero attached hydrogens (tertiary/aromatic N) is 1. The average Bonchev–Trinajstić information content (AvgIpc) is 2.79. The number of hydrogen-bond acceptors (Lipinski definition) is 4. The normalized spacial score (nSPS) is 11.5. The second kappa shape index (κ2) is 10.4. The molecule has 0 saturated heterocycles. The summed E-state index contributed by atoms with van der Waals surface area (Å²) in [7, 11) is -2.10. The maximum atomic E-state index is 12.9. The van der Waals surface area contributed by atoms with Crippen molar-refractivity contribution in [1.29, 1.82) is 0 Å². The number of carbonyl (C=O) groups excluding carboxylic acids is 1. The summed E-state index contributed by atoms with van der Waals surface area (Å²) in [5, 5.41) is 2.80. The Kier molecular flexibility index (Phi) is 7.66. The quantitative estimate of drug-likeness (QED) is 0.506. The van der Waals surface area contributed by atoms with Crippen LogP contribution < -0.4 is 10.1 Å². The number of amides is 1. The molecular formula is C25H28N2O4S. The first kappa shape index (κ1) is 23.5. The smallest absolute Gasteiger partial charge is 0.255 e. The lowest BCUT2D eigenvalue weighted by Crippen LogP contribution is -2.26. The summed E-state index contributed by atoms with van der Waals surface area (Å²) >= 11 is 0. The summed E-state index contributed by atoms with van der Waals surface area (Å²) in [4.78, 5) is 12.8. The van der Waals surface area contributed by atoms with Crippen molar-refractivity contribution in [2.24, 2.45) is 5.92 Å². The standard InChI is InChI=1S/C25H28N2O4S/c1-19(2)18-31-23-11-7-10-21(16-23)25(28)26-22-12-14-24(15-13-22)32(29,30)27(3)17-20-8-5-4-6-9-20/h4-16,19H,17-18H2,1-3H3,(H,26,28). The van der Waals surface area contributed by atoms with Gasteiger partial charge in [0.1, 0.15) is 5.75 Å². The van der Waals surface area contributed by atoms with Gasteiger partial charge in [0.2, 0.25) is 10.0 Å². The zero-order valence-corrected chi connectivity index (χ0v) is 19.3. The van der Waals surface area contributed by atoms with Gasteiger partial charge >= 0.3 is 0 Å². The number of benzene rings is 3. The number of hydrogen-bond donors (Lipinski definition) is 1. The predicted octanol–water partition coefficient (Wildman–Crippen LogP) is 4.79. The summed E-state index contributed by atoms with van der Waals surface area (Å²) in [6, 6.07) is 22.5. The second-order valence-electron chi connectivity index (χ2n) is 7.96. The van der Waals surface area contributed by atoms with Crippen LogP contribution in [0, 0.1) is 5.92 Å². The molecule has 0 fully saturated rings. The first-order chi connectivity index (χ1) is 15.3. The number of sulfonamides is 1. The lowest BCUT2D eigenvalue weighted by atomic mass is 10.2. The van der Waals surface area contributed by atoms with Crippen molar-refractivity contribution in [2.45, 2.75) is 25.3 Å². The Balaban J connectivity index is 1.66. The van der Waals surface area contributed by atoms with Gasteiger partial charge in [-0.25, -0.2) is 8.42 Å². The van der Waals surface area contributed by atoms with Gasteiger partial charge < -0.3 is 10.1 Å². The van der Waals surface area contributed by atoms with Crippen molar-refractivity contribution in [1.82, 2.24) is 4.31 Å². The molecule has 7 heteroatoms. The topological polar surface area (TPSA) is 75.7 Å². The van der Waals surface area contributed by atoms with Crippen molar-refractivity contribution in [3.8, 4) is 5.75 Å². The van der Waals surface area contributed by atoms with E-state index in [1.807, 2.05) is 36.4 Å². The monoisotopic (exact) mass is 452 g/mol. The molecule has 0 atom stereocenters. The fourth-order valence-electron chi connectivity index (χ4n) is 3.01. The fraction of sp³-hybridized carbons (Fsp3) is 0.240. The van der Waals surface area contributed by atoms with E-state index in [4.69, 9.17) is 4.74 Å². The van der Waals surface area contributed by atoms with Crippen LogP contribution in [-0.2, 0) is 16.6 Å². The molecule has 0 radical (unpaired) electrons. The summed E-state index contributed by atoms with van der Waals surface area (Å²) in [5.74, 6) is 0.722. The minimum absolute atomic E-state index is 0.165. The van der Waals surface area contributed by atoms with Crippen LogP contribution in [0.15, 0.2) is 83.8 Å². The molecule has 32 heavy (non-hydrogen) atoms. The van der Waals surface area contributed by atoms with Crippen LogP contribution in [0.25, 0.3) is 0 Å². The minimum Gasteiger partial charge on any atom is -0.493 e. The highest BCUT2D eigenvalue weighted by Crippen LogP contribution is 2.20. The van der Waals surface area contributed by atoms with Gasteiger partial charge in [0.15, 0.2) is 0 Å². The lowest BCUT2D eigenvalue weighted by molar-refractivity contribution is 0.102. The number of nitrogens with one attached hydrogen (secondary N) is 1. The molecule has 0 saturated carbocycles. The molecule has 0 aromatic heterocycles. The summed E-state index contributed by atoms with van der Waals surface area (Å²) in [6.07, 6.45) is 0. The molecule has 3 rings (SSSR count). The maximum Gasteiger partial charge on any atom is 0.255 e. The Morgan fingerprint density at radius 1 is 0.969 bits per heavy atom. The van der Waals surface area contributed by atoms with Crippen molar-refractivity contribution in [2.75, 3.05) is 19.0 Å². The lowest BCUT2D eigenvalue weighted by Gasteiger charge is -2.17. The Labute approximate surface area is 189 Å². The second-order valence-corrected chi connectivity index (χ2v) is 10.0. The summed E-state index contributed by atoms with van der Waals surface area (Å²) in [6.45, 7) is 4.95. The Bertz CT molecular complexity index is 1140. The molecule has 0 aliphatic rings. The van der Waals surface area contributed by atoms with Gasteiger partial charge in [0.05, 0.1) is 11.5 Å². The zero-order chi connectivity index (χ0) is 23.1. The van der Waals surface area contributed by atoms with Gasteiger partial charge in [-0.15, -0.1) is 0 Å². The maximum absolute atomic E-state index is 12.9. The van der Waals surface area contributed by atoms with Crippen LogP contribution in [0.2, 0.25) is 0 Å². The third-order valence-electron chi connectivity index (χ3n) is 4.75. The van der Waals surface area contributed by atoms with Gasteiger partial charge in [-0.3, -0.25) is 4.79 Å². The highest BCUT2D eigenvalue weighted by Gasteiger charge is 2.21. The molecule has 0 aliphatic heterocycles. The molecule has 0 heterocycles. The van der Waals surface area contributed by atoms with E-state index in [1.54, 1.807) is 37.4 Å². The number of ether oxygens (including phenoxy) is 1. The van der Waals surface area contributed by atoms with E-state index in [0.29, 0.717) is 29.5 Å². The largest absolute Gasteiger partial charge is 0.493 e. The van der Waals surface area contributed by atoms with Crippen LogP contribution >= 0.6 is 0 Å². The first-order valence-corrected chi connectivity index (χ1v) is 11.8. The molecule has 168 valence electrons. The fourth-order valence-corrected chi connectivity index (χ4v) is 4.17. The molecule has 6 nitrogen and oxygen atoms in total. The van der Waals surface area contributed by atoms with Gasteiger partial charge in [-0.05, 0) is 53.9 Å². The number of anilines is 1. The van der Waals surface area contributed by atoms with Crippen LogP contribution in [0.5, 0.6) is 5.75 Å². The van der Waals surface area contributed by atoms with Gasteiger partial charge in [-0.2, -0.15) is 4.31 Å². The molecule has 3 aromatic carbocycles. The predicted molar refractivity (Wildman–Crippen MR) is 126 cm³/mol. The van der Waals surface area contributed by atoms with Gasteiger partial charge in [-0.1, -0.05) is 50.2 Å². The minimum atomic E-state index is -3.65. The summed E-state index contributed by atoms with van der Waals surface area (Å²) < 4.78 is 32.7. The Hall–Kier alpha value is -3.16. The summed E-state index contributed by atoms with van der Waals surface area (Å²) in [5.41, 5.74) is 1.88.